The van der Waals surface area contributed by atoms with Gasteiger partial charge in [-0.2, -0.15) is 5.10 Å². The number of hydrogen-bond acceptors (Lipinski definition) is 5. The van der Waals surface area contributed by atoms with Crippen LogP contribution in [-0.4, -0.2) is 23.2 Å². The Morgan fingerprint density at radius 2 is 1.68 bits per heavy atom. The number of rotatable bonds is 2. The van der Waals surface area contributed by atoms with Crippen molar-refractivity contribution in [2.24, 2.45) is 5.10 Å². The van der Waals surface area contributed by atoms with Gasteiger partial charge in [0.2, 0.25) is 6.79 Å². The molecule has 0 aromatic heterocycles. The molecule has 0 radical (unpaired) electrons. The fourth-order valence-electron chi connectivity index (χ4n) is 5.96. The van der Waals surface area contributed by atoms with Crippen LogP contribution in [0.1, 0.15) is 60.8 Å². The standard InChI is InChI=1S/C28H25BrN2O3/c29-21-7-9-25-22(15-21)24-16-23(20-6-8-26-27(14-20)33-17-32-26)30-31(24)28(34-25)12-10-19(11-13-28)18-4-2-1-3-5-18/h1-9,14-15,19,24H,10-13,16-17H2/t19?,24-,28?/m1/s1. The molecule has 0 amide bonds. The van der Waals surface area contributed by atoms with Crippen LogP contribution in [0.5, 0.6) is 17.2 Å². The van der Waals surface area contributed by atoms with E-state index in [0.717, 1.165) is 65.1 Å². The van der Waals surface area contributed by atoms with E-state index in [-0.39, 0.29) is 12.8 Å². The Hall–Kier alpha value is -2.99. The second-order valence-corrected chi connectivity index (χ2v) is 10.5. The predicted molar refractivity (Wildman–Crippen MR) is 133 cm³/mol. The highest BCUT2D eigenvalue weighted by atomic mass is 79.9. The van der Waals surface area contributed by atoms with Gasteiger partial charge in [0.25, 0.3) is 0 Å². The molecule has 0 saturated heterocycles. The van der Waals surface area contributed by atoms with Crippen LogP contribution >= 0.6 is 15.9 Å². The number of nitrogens with zero attached hydrogens (tertiary/aromatic N) is 2. The third-order valence-electron chi connectivity index (χ3n) is 7.70. The Kier molecular flexibility index (Phi) is 4.66. The van der Waals surface area contributed by atoms with Gasteiger partial charge in [-0.3, -0.25) is 0 Å². The molecular formula is C28H25BrN2O3. The minimum Gasteiger partial charge on any atom is -0.466 e. The molecule has 3 aromatic rings. The van der Waals surface area contributed by atoms with Gasteiger partial charge in [0, 0.05) is 34.9 Å². The number of benzene rings is 3. The minimum absolute atomic E-state index is 0.162. The van der Waals surface area contributed by atoms with E-state index in [9.17, 15) is 0 Å². The SMILES string of the molecule is Brc1ccc2c(c1)[C@H]1CC(c3ccc4c(c3)OCO4)=NN1C1(CCC(c3ccccc3)CC1)O2. The zero-order valence-corrected chi connectivity index (χ0v) is 20.3. The first kappa shape index (κ1) is 20.4. The zero-order valence-electron chi connectivity index (χ0n) is 18.7. The summed E-state index contributed by atoms with van der Waals surface area (Å²) in [7, 11) is 0. The van der Waals surface area contributed by atoms with E-state index in [2.05, 4.69) is 81.6 Å². The highest BCUT2D eigenvalue weighted by Gasteiger charge is 2.52. The van der Waals surface area contributed by atoms with Crippen LogP contribution in [0.3, 0.4) is 0 Å². The van der Waals surface area contributed by atoms with Gasteiger partial charge in [-0.05, 0) is 60.7 Å². The molecule has 0 N–H and O–H groups in total. The third kappa shape index (κ3) is 3.22. The van der Waals surface area contributed by atoms with Crippen molar-refractivity contribution in [3.05, 3.63) is 87.9 Å². The number of fused-ring (bicyclic) bond motifs is 5. The first-order valence-electron chi connectivity index (χ1n) is 12.0. The first-order chi connectivity index (χ1) is 16.7. The van der Waals surface area contributed by atoms with Gasteiger partial charge in [-0.15, -0.1) is 0 Å². The molecule has 3 aromatic carbocycles. The molecule has 6 heteroatoms. The monoisotopic (exact) mass is 516 g/mol. The van der Waals surface area contributed by atoms with Gasteiger partial charge >= 0.3 is 0 Å². The van der Waals surface area contributed by atoms with Gasteiger partial charge in [-0.25, -0.2) is 5.01 Å². The normalized spacial score (nSPS) is 26.6. The highest BCUT2D eigenvalue weighted by molar-refractivity contribution is 9.10. The lowest BCUT2D eigenvalue weighted by molar-refractivity contribution is -0.142. The second kappa shape index (κ2) is 7.77. The van der Waals surface area contributed by atoms with Gasteiger partial charge in [0.15, 0.2) is 17.2 Å². The van der Waals surface area contributed by atoms with Crippen molar-refractivity contribution in [1.29, 1.82) is 0 Å². The largest absolute Gasteiger partial charge is 0.466 e. The summed E-state index contributed by atoms with van der Waals surface area (Å²) >= 11 is 3.66. The summed E-state index contributed by atoms with van der Waals surface area (Å²) in [5, 5.41) is 7.50. The van der Waals surface area contributed by atoms with Crippen LogP contribution in [-0.2, 0) is 0 Å². The molecule has 1 atom stereocenters. The molecule has 3 aliphatic heterocycles. The summed E-state index contributed by atoms with van der Waals surface area (Å²) in [4.78, 5) is 0. The number of ether oxygens (including phenoxy) is 3. The van der Waals surface area contributed by atoms with Crippen molar-refractivity contribution in [1.82, 2.24) is 5.01 Å². The van der Waals surface area contributed by atoms with Crippen LogP contribution in [0.15, 0.2) is 76.3 Å². The van der Waals surface area contributed by atoms with Crippen molar-refractivity contribution in [2.75, 3.05) is 6.79 Å². The highest BCUT2D eigenvalue weighted by Crippen LogP contribution is 2.53. The Balaban J connectivity index is 1.25. The van der Waals surface area contributed by atoms with E-state index in [0.29, 0.717) is 5.92 Å². The molecule has 172 valence electrons. The van der Waals surface area contributed by atoms with Crippen LogP contribution in [0, 0.1) is 0 Å². The van der Waals surface area contributed by atoms with E-state index < -0.39 is 5.72 Å². The van der Waals surface area contributed by atoms with E-state index in [1.807, 2.05) is 6.07 Å². The van der Waals surface area contributed by atoms with Gasteiger partial charge in [-0.1, -0.05) is 46.3 Å². The average Bonchev–Trinajstić information content (AvgIpc) is 3.53. The summed E-state index contributed by atoms with van der Waals surface area (Å²) in [5.41, 5.74) is 4.38. The Bertz CT molecular complexity index is 1280. The van der Waals surface area contributed by atoms with Crippen LogP contribution in [0.4, 0.5) is 0 Å². The van der Waals surface area contributed by atoms with Crippen LogP contribution < -0.4 is 14.2 Å². The molecule has 34 heavy (non-hydrogen) atoms. The molecule has 0 bridgehead atoms. The summed E-state index contributed by atoms with van der Waals surface area (Å²) in [6.07, 6.45) is 4.94. The van der Waals surface area contributed by atoms with E-state index in [1.54, 1.807) is 0 Å². The van der Waals surface area contributed by atoms with E-state index in [4.69, 9.17) is 19.3 Å². The molecule has 5 nitrogen and oxygen atoms in total. The molecule has 1 saturated carbocycles. The quantitative estimate of drug-likeness (QED) is 0.376. The maximum Gasteiger partial charge on any atom is 0.231 e. The lowest BCUT2D eigenvalue weighted by Crippen LogP contribution is -2.55. The predicted octanol–water partition coefficient (Wildman–Crippen LogP) is 6.78. The summed E-state index contributed by atoms with van der Waals surface area (Å²) in [5.74, 6) is 3.15. The lowest BCUT2D eigenvalue weighted by Gasteiger charge is -2.50. The molecule has 1 spiro atoms. The van der Waals surface area contributed by atoms with Crippen LogP contribution in [0.2, 0.25) is 0 Å². The molecule has 7 rings (SSSR count). The van der Waals surface area contributed by atoms with Gasteiger partial charge in [0.1, 0.15) is 5.75 Å². The number of hydrazone groups is 1. The number of halogens is 1. The van der Waals surface area contributed by atoms with E-state index in [1.165, 1.54) is 11.1 Å². The lowest BCUT2D eigenvalue weighted by atomic mass is 9.78. The molecule has 4 aliphatic rings. The number of hydrogen-bond donors (Lipinski definition) is 0. The fraction of sp³-hybridized carbons (Fsp3) is 0.321. The average molecular weight is 517 g/mol. The van der Waals surface area contributed by atoms with Crippen molar-refractivity contribution in [3.63, 3.8) is 0 Å². The molecule has 1 aliphatic carbocycles. The molecular weight excluding hydrogens is 492 g/mol. The minimum atomic E-state index is -0.408. The molecule has 0 unspecified atom stereocenters. The van der Waals surface area contributed by atoms with Crippen molar-refractivity contribution >= 4 is 21.6 Å². The topological polar surface area (TPSA) is 43.3 Å². The maximum atomic E-state index is 6.83. The third-order valence-corrected chi connectivity index (χ3v) is 8.20. The zero-order chi connectivity index (χ0) is 22.7. The Morgan fingerprint density at radius 3 is 2.53 bits per heavy atom. The Morgan fingerprint density at radius 1 is 0.882 bits per heavy atom. The smallest absolute Gasteiger partial charge is 0.231 e. The van der Waals surface area contributed by atoms with E-state index >= 15 is 0 Å². The molecule has 1 fully saturated rings. The molecule has 3 heterocycles. The first-order valence-corrected chi connectivity index (χ1v) is 12.8. The second-order valence-electron chi connectivity index (χ2n) is 9.59. The fourth-order valence-corrected chi connectivity index (χ4v) is 6.34. The summed E-state index contributed by atoms with van der Waals surface area (Å²) < 4.78 is 19.0. The maximum absolute atomic E-state index is 6.83. The van der Waals surface area contributed by atoms with Crippen LogP contribution in [0.25, 0.3) is 0 Å². The van der Waals surface area contributed by atoms with Gasteiger partial charge < -0.3 is 14.2 Å². The van der Waals surface area contributed by atoms with Crippen molar-refractivity contribution in [2.45, 2.75) is 49.8 Å². The van der Waals surface area contributed by atoms with Gasteiger partial charge in [0.05, 0.1) is 11.8 Å². The Labute approximate surface area is 207 Å². The van der Waals surface area contributed by atoms with Crippen molar-refractivity contribution in [3.8, 4) is 17.2 Å². The summed E-state index contributed by atoms with van der Waals surface area (Å²) in [6.45, 7) is 0.279. The summed E-state index contributed by atoms with van der Waals surface area (Å²) in [6, 6.07) is 23.6. The van der Waals surface area contributed by atoms with Crippen molar-refractivity contribution < 1.29 is 14.2 Å².